The second kappa shape index (κ2) is 6.41. The topological polar surface area (TPSA) is 58.2 Å². The number of halogens is 2. The first-order valence-corrected chi connectivity index (χ1v) is 6.15. The van der Waals surface area contributed by atoms with E-state index in [9.17, 15) is 4.79 Å². The van der Waals surface area contributed by atoms with Gasteiger partial charge in [0.25, 0.3) is 5.56 Å². The second-order valence-electron chi connectivity index (χ2n) is 3.30. The first-order valence-electron chi connectivity index (χ1n) is 4.63. The van der Waals surface area contributed by atoms with Crippen LogP contribution in [0.15, 0.2) is 11.1 Å². The maximum atomic E-state index is 11.4. The van der Waals surface area contributed by atoms with Gasteiger partial charge in [0.2, 0.25) is 0 Å². The summed E-state index contributed by atoms with van der Waals surface area (Å²) in [4.78, 5) is 19.8. The third-order valence-corrected chi connectivity index (χ3v) is 3.20. The molecule has 0 amide bonds. The Morgan fingerprint density at radius 1 is 1.75 bits per heavy atom. The molecule has 1 unspecified atom stereocenters. The fourth-order valence-corrected chi connectivity index (χ4v) is 2.30. The van der Waals surface area contributed by atoms with Gasteiger partial charge < -0.3 is 14.6 Å². The van der Waals surface area contributed by atoms with Crippen LogP contribution in [0.4, 0.5) is 5.82 Å². The summed E-state index contributed by atoms with van der Waals surface area (Å²) in [6, 6.07) is 0. The number of H-pyrrole nitrogens is 1. The van der Waals surface area contributed by atoms with Crippen molar-refractivity contribution < 1.29 is 4.74 Å². The van der Waals surface area contributed by atoms with Crippen LogP contribution in [0.1, 0.15) is 0 Å². The molecule has 1 heterocycles. The number of anilines is 1. The average Bonchev–Trinajstić information content (AvgIpc) is 2.22. The number of alkyl halides is 1. The van der Waals surface area contributed by atoms with Gasteiger partial charge in [0.05, 0.1) is 18.3 Å². The van der Waals surface area contributed by atoms with Gasteiger partial charge in [0, 0.05) is 20.7 Å². The van der Waals surface area contributed by atoms with E-state index < -0.39 is 0 Å². The zero-order chi connectivity index (χ0) is 12.1. The molecule has 1 atom stereocenters. The van der Waals surface area contributed by atoms with Crippen molar-refractivity contribution in [3.05, 3.63) is 20.3 Å². The van der Waals surface area contributed by atoms with E-state index in [0.717, 1.165) is 0 Å². The molecule has 0 radical (unpaired) electrons. The van der Waals surface area contributed by atoms with E-state index in [0.29, 0.717) is 22.5 Å². The number of aromatic nitrogens is 2. The zero-order valence-corrected chi connectivity index (χ0v) is 11.9. The predicted octanol–water partition coefficient (Wildman–Crippen LogP) is 1.06. The minimum absolute atomic E-state index is 0.133. The molecule has 0 saturated carbocycles. The molecule has 0 spiro atoms. The molecule has 1 N–H and O–H groups in total. The van der Waals surface area contributed by atoms with Crippen molar-refractivity contribution in [1.29, 1.82) is 0 Å². The lowest BCUT2D eigenvalue weighted by molar-refractivity contribution is 0.199. The summed E-state index contributed by atoms with van der Waals surface area (Å²) in [5, 5.41) is -0.133. The summed E-state index contributed by atoms with van der Waals surface area (Å²) in [5.41, 5.74) is -0.143. The fourth-order valence-electron chi connectivity index (χ4n) is 1.26. The van der Waals surface area contributed by atoms with Gasteiger partial charge in [-0.2, -0.15) is 0 Å². The summed E-state index contributed by atoms with van der Waals surface area (Å²) in [7, 11) is 3.44. The van der Waals surface area contributed by atoms with E-state index in [1.165, 1.54) is 6.33 Å². The Balaban J connectivity index is 2.76. The first-order chi connectivity index (χ1) is 7.56. The molecule has 0 fully saturated rings. The lowest BCUT2D eigenvalue weighted by Crippen LogP contribution is -2.31. The fraction of sp³-hybridized carbons (Fsp3) is 0.556. The molecule has 0 saturated heterocycles. The second-order valence-corrected chi connectivity index (χ2v) is 5.00. The smallest absolute Gasteiger partial charge is 0.266 e. The van der Waals surface area contributed by atoms with Crippen molar-refractivity contribution in [1.82, 2.24) is 9.97 Å². The van der Waals surface area contributed by atoms with E-state index in [2.05, 4.69) is 9.97 Å². The Morgan fingerprint density at radius 3 is 3.06 bits per heavy atom. The average molecular weight is 358 g/mol. The standard InChI is InChI=1S/C9H13ClIN3O2/c1-14(3-6(10)4-16-2)8-7(11)9(15)13-5-12-8/h5-6H,3-4H2,1-2H3,(H,12,13,15). The van der Waals surface area contributed by atoms with Crippen molar-refractivity contribution in [2.75, 3.05) is 32.2 Å². The lowest BCUT2D eigenvalue weighted by atomic mass is 10.4. The van der Waals surface area contributed by atoms with Crippen LogP contribution >= 0.6 is 34.2 Å². The minimum Gasteiger partial charge on any atom is -0.383 e. The predicted molar refractivity (Wildman–Crippen MR) is 72.4 cm³/mol. The number of ether oxygens (including phenoxy) is 1. The molecule has 0 aliphatic heterocycles. The number of rotatable bonds is 5. The Bertz CT molecular complexity index is 399. The Hall–Kier alpha value is -0.340. The van der Waals surface area contributed by atoms with E-state index in [1.807, 2.05) is 34.5 Å². The van der Waals surface area contributed by atoms with E-state index in [1.54, 1.807) is 7.11 Å². The van der Waals surface area contributed by atoms with Gasteiger partial charge in [-0.25, -0.2) is 4.98 Å². The van der Waals surface area contributed by atoms with Crippen LogP contribution in [-0.4, -0.2) is 42.7 Å². The molecule has 1 rings (SSSR count). The van der Waals surface area contributed by atoms with E-state index in [4.69, 9.17) is 16.3 Å². The first kappa shape index (κ1) is 13.7. The number of aromatic amines is 1. The molecular weight excluding hydrogens is 344 g/mol. The third kappa shape index (κ3) is 3.60. The maximum Gasteiger partial charge on any atom is 0.266 e. The third-order valence-electron chi connectivity index (χ3n) is 1.96. The molecule has 0 aliphatic carbocycles. The monoisotopic (exact) mass is 357 g/mol. The Labute approximate surface area is 112 Å². The van der Waals surface area contributed by atoms with E-state index in [-0.39, 0.29) is 10.9 Å². The van der Waals surface area contributed by atoms with Gasteiger partial charge in [-0.15, -0.1) is 11.6 Å². The van der Waals surface area contributed by atoms with Crippen molar-refractivity contribution >= 4 is 40.0 Å². The van der Waals surface area contributed by atoms with Gasteiger partial charge in [-0.3, -0.25) is 4.79 Å². The summed E-state index contributed by atoms with van der Waals surface area (Å²) in [6.07, 6.45) is 1.38. The van der Waals surface area contributed by atoms with Crippen LogP contribution in [0.2, 0.25) is 0 Å². The highest BCUT2D eigenvalue weighted by molar-refractivity contribution is 14.1. The normalized spacial score (nSPS) is 12.5. The van der Waals surface area contributed by atoms with Crippen LogP contribution in [0, 0.1) is 3.57 Å². The number of nitrogens with one attached hydrogen (secondary N) is 1. The lowest BCUT2D eigenvalue weighted by Gasteiger charge is -2.21. The molecule has 0 bridgehead atoms. The molecule has 16 heavy (non-hydrogen) atoms. The summed E-state index contributed by atoms with van der Waals surface area (Å²) >= 11 is 8.00. The van der Waals surface area contributed by atoms with Crippen LogP contribution in [0.5, 0.6) is 0 Å². The highest BCUT2D eigenvalue weighted by Crippen LogP contribution is 2.14. The Kier molecular flexibility index (Phi) is 5.50. The van der Waals surface area contributed by atoms with Gasteiger partial charge in [0.1, 0.15) is 9.39 Å². The number of methoxy groups -OCH3 is 1. The van der Waals surface area contributed by atoms with Crippen molar-refractivity contribution in [3.63, 3.8) is 0 Å². The molecule has 5 nitrogen and oxygen atoms in total. The highest BCUT2D eigenvalue weighted by atomic mass is 127. The molecule has 90 valence electrons. The van der Waals surface area contributed by atoms with Crippen LogP contribution in [0.3, 0.4) is 0 Å². The highest BCUT2D eigenvalue weighted by Gasteiger charge is 2.13. The molecule has 1 aromatic rings. The van der Waals surface area contributed by atoms with Gasteiger partial charge in [-0.1, -0.05) is 0 Å². The maximum absolute atomic E-state index is 11.4. The quantitative estimate of drug-likeness (QED) is 0.632. The van der Waals surface area contributed by atoms with Crippen LogP contribution in [-0.2, 0) is 4.74 Å². The SMILES string of the molecule is COCC(Cl)CN(C)c1nc[nH]c(=O)c1I. The van der Waals surface area contributed by atoms with Crippen LogP contribution in [0.25, 0.3) is 0 Å². The summed E-state index contributed by atoms with van der Waals surface area (Å²) in [5.74, 6) is 0.631. The minimum atomic E-state index is -0.143. The molecule has 0 aromatic carbocycles. The van der Waals surface area contributed by atoms with Crippen molar-refractivity contribution in [2.24, 2.45) is 0 Å². The van der Waals surface area contributed by atoms with Crippen molar-refractivity contribution in [3.8, 4) is 0 Å². The van der Waals surface area contributed by atoms with E-state index >= 15 is 0 Å². The molecule has 0 aliphatic rings. The molecular formula is C9H13ClIN3O2. The summed E-state index contributed by atoms with van der Waals surface area (Å²) < 4.78 is 5.50. The van der Waals surface area contributed by atoms with Crippen LogP contribution < -0.4 is 10.5 Å². The van der Waals surface area contributed by atoms with Gasteiger partial charge in [-0.05, 0) is 22.6 Å². The zero-order valence-electron chi connectivity index (χ0n) is 9.04. The van der Waals surface area contributed by atoms with Gasteiger partial charge >= 0.3 is 0 Å². The van der Waals surface area contributed by atoms with Crippen molar-refractivity contribution in [2.45, 2.75) is 5.38 Å². The molecule has 1 aromatic heterocycles. The number of hydrogen-bond donors (Lipinski definition) is 1. The summed E-state index contributed by atoms with van der Waals surface area (Å²) in [6.45, 7) is 1.04. The number of hydrogen-bond acceptors (Lipinski definition) is 4. The Morgan fingerprint density at radius 2 is 2.44 bits per heavy atom. The molecule has 7 heteroatoms. The number of nitrogens with zero attached hydrogens (tertiary/aromatic N) is 2. The largest absolute Gasteiger partial charge is 0.383 e. The van der Waals surface area contributed by atoms with Gasteiger partial charge in [0.15, 0.2) is 0 Å².